The molecular formula is C33H35FN6O2S. The Labute approximate surface area is 255 Å². The molecule has 43 heavy (non-hydrogen) atoms. The maximum Gasteiger partial charge on any atom is 0.277 e. The number of hydrogen-bond donors (Lipinski definition) is 2. The summed E-state index contributed by atoms with van der Waals surface area (Å²) in [6.07, 6.45) is 13.5. The van der Waals surface area contributed by atoms with Gasteiger partial charge in [0.1, 0.15) is 23.1 Å². The summed E-state index contributed by atoms with van der Waals surface area (Å²) >= 11 is 1.67. The topological polar surface area (TPSA) is 84.8 Å². The van der Waals surface area contributed by atoms with Gasteiger partial charge in [-0.05, 0) is 75.6 Å². The lowest BCUT2D eigenvalue weighted by Crippen LogP contribution is -2.52. The molecule has 4 saturated heterocycles. The Morgan fingerprint density at radius 2 is 1.88 bits per heavy atom. The third-order valence-electron chi connectivity index (χ3n) is 10.3. The van der Waals surface area contributed by atoms with Crippen LogP contribution in [0.25, 0.3) is 10.8 Å². The fraction of sp³-hybridized carbons (Fsp3) is 0.485. The third kappa shape index (κ3) is 4.47. The van der Waals surface area contributed by atoms with Crippen LogP contribution in [-0.2, 0) is 6.42 Å². The van der Waals surface area contributed by atoms with Gasteiger partial charge in [0, 0.05) is 60.0 Å². The van der Waals surface area contributed by atoms with Crippen LogP contribution in [0.15, 0.2) is 29.4 Å². The van der Waals surface area contributed by atoms with E-state index in [1.165, 1.54) is 37.8 Å². The molecule has 4 fully saturated rings. The molecule has 1 amide bonds. The number of carbonyl (C=O) groups is 1. The summed E-state index contributed by atoms with van der Waals surface area (Å²) in [6.45, 7) is 4.39. The van der Waals surface area contributed by atoms with Crippen molar-refractivity contribution in [3.05, 3.63) is 46.9 Å². The Morgan fingerprint density at radius 1 is 1.12 bits per heavy atom. The number of halogens is 1. The number of aromatic hydroxyl groups is 1. The number of benzene rings is 2. The second kappa shape index (κ2) is 10.4. The van der Waals surface area contributed by atoms with E-state index in [0.29, 0.717) is 52.4 Å². The van der Waals surface area contributed by atoms with Gasteiger partial charge in [-0.15, -0.1) is 6.42 Å². The van der Waals surface area contributed by atoms with Crippen molar-refractivity contribution in [2.75, 3.05) is 48.3 Å². The van der Waals surface area contributed by atoms with Gasteiger partial charge in [-0.3, -0.25) is 9.69 Å². The summed E-state index contributed by atoms with van der Waals surface area (Å²) in [6, 6.07) is 6.79. The number of aromatic nitrogens is 2. The van der Waals surface area contributed by atoms with E-state index < -0.39 is 5.82 Å². The van der Waals surface area contributed by atoms with Crippen LogP contribution in [0.2, 0.25) is 0 Å². The first kappa shape index (κ1) is 27.2. The smallest absolute Gasteiger partial charge is 0.277 e. The molecule has 8 nitrogen and oxygen atoms in total. The normalized spacial score (nSPS) is 24.4. The molecule has 3 aromatic rings. The third-order valence-corrected chi connectivity index (χ3v) is 11.4. The summed E-state index contributed by atoms with van der Waals surface area (Å²) in [5.41, 5.74) is 1.95. The SMILES string of the molecule is C#Cc1c(F)ccc2cc(O)cc(N3CCc4c(nc(SCC56CCCN5CCC6)nc4N4C[C@H]5CC[C@@H](C4)N5)C3=O)c12. The minimum absolute atomic E-state index is 0.0106. The van der Waals surface area contributed by atoms with Crippen molar-refractivity contribution in [2.24, 2.45) is 0 Å². The summed E-state index contributed by atoms with van der Waals surface area (Å²) in [4.78, 5) is 31.1. The second-order valence-corrected chi connectivity index (χ2v) is 13.7. The van der Waals surface area contributed by atoms with Crippen LogP contribution in [0.4, 0.5) is 15.9 Å². The van der Waals surface area contributed by atoms with E-state index in [1.54, 1.807) is 28.8 Å². The molecule has 2 atom stereocenters. The average molecular weight is 599 g/mol. The van der Waals surface area contributed by atoms with E-state index in [9.17, 15) is 14.3 Å². The Bertz CT molecular complexity index is 1670. The maximum absolute atomic E-state index is 14.8. The lowest BCUT2D eigenvalue weighted by atomic mass is 9.97. The van der Waals surface area contributed by atoms with Crippen molar-refractivity contribution in [2.45, 2.75) is 67.7 Å². The van der Waals surface area contributed by atoms with Crippen molar-refractivity contribution in [3.63, 3.8) is 0 Å². The largest absolute Gasteiger partial charge is 0.508 e. The zero-order valence-electron chi connectivity index (χ0n) is 24.1. The lowest BCUT2D eigenvalue weighted by molar-refractivity contribution is 0.0974. The molecule has 1 aromatic heterocycles. The number of phenols is 1. The molecule has 0 radical (unpaired) electrons. The Hall–Kier alpha value is -3.39. The number of piperazine rings is 1. The fourth-order valence-corrected chi connectivity index (χ4v) is 9.43. The zero-order chi connectivity index (χ0) is 29.3. The molecule has 2 aromatic carbocycles. The summed E-state index contributed by atoms with van der Waals surface area (Å²) in [7, 11) is 0. The molecule has 5 aliphatic rings. The highest BCUT2D eigenvalue weighted by Crippen LogP contribution is 2.43. The van der Waals surface area contributed by atoms with Gasteiger partial charge in [0.2, 0.25) is 0 Å². The molecule has 0 unspecified atom stereocenters. The summed E-state index contributed by atoms with van der Waals surface area (Å²) < 4.78 is 14.8. The Balaban J connectivity index is 1.20. The Kier molecular flexibility index (Phi) is 6.55. The highest BCUT2D eigenvalue weighted by Gasteiger charge is 2.44. The first-order chi connectivity index (χ1) is 20.9. The number of hydrogen-bond acceptors (Lipinski definition) is 8. The number of nitrogens with one attached hydrogen (secondary N) is 1. The number of rotatable bonds is 5. The minimum Gasteiger partial charge on any atom is -0.508 e. The van der Waals surface area contributed by atoms with Crippen LogP contribution >= 0.6 is 11.8 Å². The molecule has 10 heteroatoms. The number of thioether (sulfide) groups is 1. The van der Waals surface area contributed by atoms with E-state index >= 15 is 0 Å². The standard InChI is InChI=1S/C33H35FN6O2S/c1-2-24-26(34)8-5-20-15-23(41)16-27(28(20)24)40-14-9-25-29(31(40)42)36-32(43-19-33-10-3-12-39(33)13-4-11-33)37-30(25)38-17-21-6-7-22(18-38)35-21/h1,5,8,15-16,21-22,35,41H,3-4,6-7,9-14,17-19H2/t21-,22+. The fourth-order valence-electron chi connectivity index (χ4n) is 8.25. The van der Waals surface area contributed by atoms with Crippen LogP contribution in [0.1, 0.15) is 60.1 Å². The van der Waals surface area contributed by atoms with Crippen molar-refractivity contribution < 1.29 is 14.3 Å². The summed E-state index contributed by atoms with van der Waals surface area (Å²) in [5.74, 6) is 3.44. The predicted molar refractivity (Wildman–Crippen MR) is 167 cm³/mol. The first-order valence-corrected chi connectivity index (χ1v) is 16.4. The van der Waals surface area contributed by atoms with Gasteiger partial charge >= 0.3 is 0 Å². The molecule has 0 aliphatic carbocycles. The average Bonchev–Trinajstić information content (AvgIpc) is 3.69. The first-order valence-electron chi connectivity index (χ1n) is 15.5. The molecule has 2 bridgehead atoms. The van der Waals surface area contributed by atoms with E-state index in [4.69, 9.17) is 16.4 Å². The number of anilines is 2. The molecular weight excluding hydrogens is 563 g/mol. The van der Waals surface area contributed by atoms with Crippen molar-refractivity contribution in [1.82, 2.24) is 20.2 Å². The van der Waals surface area contributed by atoms with Crippen LogP contribution in [-0.4, -0.2) is 82.0 Å². The highest BCUT2D eigenvalue weighted by molar-refractivity contribution is 7.99. The van der Waals surface area contributed by atoms with Gasteiger partial charge in [-0.1, -0.05) is 23.7 Å². The maximum atomic E-state index is 14.8. The second-order valence-electron chi connectivity index (χ2n) is 12.7. The number of amides is 1. The van der Waals surface area contributed by atoms with Gasteiger partial charge in [-0.25, -0.2) is 14.4 Å². The van der Waals surface area contributed by atoms with Crippen LogP contribution in [0, 0.1) is 18.2 Å². The number of terminal acetylenes is 1. The van der Waals surface area contributed by atoms with Crippen molar-refractivity contribution in [1.29, 1.82) is 0 Å². The van der Waals surface area contributed by atoms with Crippen molar-refractivity contribution in [3.8, 4) is 18.1 Å². The molecule has 0 spiro atoms. The van der Waals surface area contributed by atoms with E-state index in [2.05, 4.69) is 21.0 Å². The minimum atomic E-state index is -0.532. The van der Waals surface area contributed by atoms with Crippen LogP contribution < -0.4 is 15.1 Å². The Morgan fingerprint density at radius 3 is 2.63 bits per heavy atom. The van der Waals surface area contributed by atoms with Gasteiger partial charge in [0.25, 0.3) is 5.91 Å². The van der Waals surface area contributed by atoms with Crippen LogP contribution in [0.5, 0.6) is 5.75 Å². The van der Waals surface area contributed by atoms with Gasteiger partial charge in [0.05, 0.1) is 11.3 Å². The molecule has 2 N–H and O–H groups in total. The molecule has 0 saturated carbocycles. The number of nitrogens with zero attached hydrogens (tertiary/aromatic N) is 5. The zero-order valence-corrected chi connectivity index (χ0v) is 24.9. The predicted octanol–water partition coefficient (Wildman–Crippen LogP) is 4.32. The van der Waals surface area contributed by atoms with E-state index in [1.807, 2.05) is 0 Å². The van der Waals surface area contributed by atoms with Gasteiger partial charge in [0.15, 0.2) is 5.16 Å². The molecule has 5 aliphatic heterocycles. The number of carbonyl (C=O) groups excluding carboxylic acids is 1. The monoisotopic (exact) mass is 598 g/mol. The van der Waals surface area contributed by atoms with Gasteiger partial charge in [-0.2, -0.15) is 0 Å². The van der Waals surface area contributed by atoms with E-state index in [0.717, 1.165) is 56.2 Å². The number of fused-ring (bicyclic) bond motifs is 5. The summed E-state index contributed by atoms with van der Waals surface area (Å²) in [5, 5.41) is 16.0. The molecule has 222 valence electrons. The van der Waals surface area contributed by atoms with Crippen molar-refractivity contribution >= 4 is 39.9 Å². The lowest BCUT2D eigenvalue weighted by Gasteiger charge is -2.37. The van der Waals surface area contributed by atoms with E-state index in [-0.39, 0.29) is 22.8 Å². The highest BCUT2D eigenvalue weighted by atomic mass is 32.2. The number of phenolic OH excluding ortho intramolecular Hbond substituents is 1. The van der Waals surface area contributed by atoms with Crippen LogP contribution in [0.3, 0.4) is 0 Å². The molecule has 8 rings (SSSR count). The quantitative estimate of drug-likeness (QED) is 0.255. The van der Waals surface area contributed by atoms with Gasteiger partial charge < -0.3 is 20.2 Å². The molecule has 6 heterocycles.